The molecule has 4 atom stereocenters. The molecule has 0 N–H and O–H groups in total. The molecule has 0 unspecified atom stereocenters. The number of hydrogen-bond acceptors (Lipinski definition) is 2. The fraction of sp³-hybridized carbons (Fsp3) is 0.905. The lowest BCUT2D eigenvalue weighted by atomic mass is 9.95. The van der Waals surface area contributed by atoms with E-state index in [0.717, 1.165) is 13.0 Å². The molecule has 0 radical (unpaired) electrons. The van der Waals surface area contributed by atoms with Crippen LogP contribution in [0.2, 0.25) is 18.1 Å². The zero-order chi connectivity index (χ0) is 18.4. The summed E-state index contributed by atoms with van der Waals surface area (Å²) in [4.78, 5) is 0. The van der Waals surface area contributed by atoms with E-state index in [-0.39, 0.29) is 0 Å². The second-order valence-corrected chi connectivity index (χ2v) is 14.3. The van der Waals surface area contributed by atoms with Crippen LogP contribution < -0.4 is 0 Å². The van der Waals surface area contributed by atoms with Gasteiger partial charge in [0.05, 0.1) is 12.2 Å². The minimum Gasteiger partial charge on any atom is -0.417 e. The van der Waals surface area contributed by atoms with Crippen molar-refractivity contribution in [2.45, 2.75) is 103 Å². The maximum absolute atomic E-state index is 6.35. The summed E-state index contributed by atoms with van der Waals surface area (Å²) in [6.45, 7) is 21.1. The highest BCUT2D eigenvalue weighted by molar-refractivity contribution is 6.74. The van der Waals surface area contributed by atoms with Gasteiger partial charge in [-0.2, -0.15) is 0 Å². The third-order valence-corrected chi connectivity index (χ3v) is 10.5. The fourth-order valence-electron chi connectivity index (χ4n) is 3.18. The quantitative estimate of drug-likeness (QED) is 0.251. The Balaban J connectivity index is 2.18. The van der Waals surface area contributed by atoms with Crippen LogP contribution in [-0.2, 0) is 9.16 Å². The molecule has 0 bridgehead atoms. The van der Waals surface area contributed by atoms with Gasteiger partial charge < -0.3 is 9.16 Å². The van der Waals surface area contributed by atoms with Crippen LogP contribution in [0.1, 0.15) is 73.1 Å². The summed E-state index contributed by atoms with van der Waals surface area (Å²) in [5.41, 5.74) is 0. The van der Waals surface area contributed by atoms with Crippen molar-refractivity contribution in [2.75, 3.05) is 6.61 Å². The summed E-state index contributed by atoms with van der Waals surface area (Å²) in [5.74, 6) is 1.36. The fourth-order valence-corrected chi connectivity index (χ4v) is 4.32. The molecule has 2 nitrogen and oxygen atoms in total. The Morgan fingerprint density at radius 3 is 2.54 bits per heavy atom. The lowest BCUT2D eigenvalue weighted by Gasteiger charge is -2.37. The maximum Gasteiger partial charge on any atom is 0.191 e. The van der Waals surface area contributed by atoms with E-state index in [4.69, 9.17) is 9.16 Å². The second-order valence-electron chi connectivity index (χ2n) is 9.49. The maximum atomic E-state index is 6.35. The van der Waals surface area contributed by atoms with Crippen molar-refractivity contribution < 1.29 is 9.16 Å². The Morgan fingerprint density at radius 2 is 1.96 bits per heavy atom. The smallest absolute Gasteiger partial charge is 0.191 e. The van der Waals surface area contributed by atoms with Crippen LogP contribution in [0.5, 0.6) is 0 Å². The highest BCUT2D eigenvalue weighted by Crippen LogP contribution is 2.37. The molecule has 24 heavy (non-hydrogen) atoms. The minimum absolute atomic E-state index is 0.310. The van der Waals surface area contributed by atoms with Crippen LogP contribution in [-0.4, -0.2) is 27.1 Å². The van der Waals surface area contributed by atoms with E-state index in [1.165, 1.54) is 32.1 Å². The van der Waals surface area contributed by atoms with Crippen LogP contribution in [0, 0.1) is 11.8 Å². The first-order chi connectivity index (χ1) is 11.1. The minimum atomic E-state index is -1.59. The lowest BCUT2D eigenvalue weighted by Crippen LogP contribution is -2.41. The highest BCUT2D eigenvalue weighted by atomic mass is 28.4. The molecule has 1 saturated heterocycles. The van der Waals surface area contributed by atoms with E-state index in [1.54, 1.807) is 0 Å². The largest absolute Gasteiger partial charge is 0.417 e. The molecule has 3 heteroatoms. The highest BCUT2D eigenvalue weighted by Gasteiger charge is 2.37. The first kappa shape index (κ1) is 21.9. The van der Waals surface area contributed by atoms with Gasteiger partial charge in [-0.05, 0) is 55.7 Å². The molecule has 0 saturated carbocycles. The van der Waals surface area contributed by atoms with Crippen molar-refractivity contribution in [3.63, 3.8) is 0 Å². The first-order valence-corrected chi connectivity index (χ1v) is 12.9. The summed E-state index contributed by atoms with van der Waals surface area (Å²) >= 11 is 0. The molecule has 0 amide bonds. The molecule has 1 heterocycles. The standard InChI is InChI=1S/C21H42O2Si/c1-9-12-19-15-18(3)20(23-19)14-11-10-13-17(2)16-22-24(7,8)21(4,5)6/h9,17-20H,1,10-16H2,2-8H3/t17-,18-,19-,20-/m0/s1. The van der Waals surface area contributed by atoms with Crippen LogP contribution in [0.25, 0.3) is 0 Å². The molecular formula is C21H42O2Si. The normalized spacial score (nSPS) is 26.5. The number of ether oxygens (including phenoxy) is 1. The van der Waals surface area contributed by atoms with E-state index in [2.05, 4.69) is 54.3 Å². The number of hydrogen-bond donors (Lipinski definition) is 0. The predicted molar refractivity (Wildman–Crippen MR) is 108 cm³/mol. The Morgan fingerprint density at radius 1 is 1.29 bits per heavy atom. The lowest BCUT2D eigenvalue weighted by molar-refractivity contribution is 0.0313. The van der Waals surface area contributed by atoms with Gasteiger partial charge in [0.15, 0.2) is 8.32 Å². The zero-order valence-corrected chi connectivity index (χ0v) is 18.4. The van der Waals surface area contributed by atoms with Crippen LogP contribution >= 0.6 is 0 Å². The second kappa shape index (κ2) is 9.54. The SMILES string of the molecule is C=CC[C@H]1C[C@H](C)[C@H](CCCC[C@H](C)CO[Si](C)(C)C(C)(C)C)O1. The Bertz CT molecular complexity index is 373. The summed E-state index contributed by atoms with van der Waals surface area (Å²) < 4.78 is 12.5. The molecule has 1 aliphatic heterocycles. The van der Waals surface area contributed by atoms with Crippen LogP contribution in [0.3, 0.4) is 0 Å². The molecule has 1 fully saturated rings. The summed E-state index contributed by atoms with van der Waals surface area (Å²) in [6.07, 6.45) is 10.1. The van der Waals surface area contributed by atoms with E-state index in [9.17, 15) is 0 Å². The molecule has 0 aliphatic carbocycles. The summed E-state index contributed by atoms with van der Waals surface area (Å²) in [6, 6.07) is 0. The van der Waals surface area contributed by atoms with Gasteiger partial charge in [0.25, 0.3) is 0 Å². The Kier molecular flexibility index (Phi) is 8.71. The van der Waals surface area contributed by atoms with Gasteiger partial charge in [0.1, 0.15) is 0 Å². The summed E-state index contributed by atoms with van der Waals surface area (Å²) in [5, 5.41) is 0.310. The molecule has 0 spiro atoms. The van der Waals surface area contributed by atoms with Crippen molar-refractivity contribution in [1.29, 1.82) is 0 Å². The predicted octanol–water partition coefficient (Wildman–Crippen LogP) is 6.57. The third kappa shape index (κ3) is 7.01. The molecule has 1 rings (SSSR count). The number of unbranched alkanes of at least 4 members (excludes halogenated alkanes) is 1. The third-order valence-electron chi connectivity index (χ3n) is 6.04. The van der Waals surface area contributed by atoms with Crippen molar-refractivity contribution in [2.24, 2.45) is 11.8 Å². The van der Waals surface area contributed by atoms with Crippen LogP contribution in [0.15, 0.2) is 12.7 Å². The molecule has 0 aromatic carbocycles. The first-order valence-electron chi connectivity index (χ1n) is 9.97. The zero-order valence-electron chi connectivity index (χ0n) is 17.4. The molecule has 142 valence electrons. The van der Waals surface area contributed by atoms with Gasteiger partial charge in [-0.25, -0.2) is 0 Å². The average Bonchev–Trinajstić information content (AvgIpc) is 2.81. The average molecular weight is 355 g/mol. The van der Waals surface area contributed by atoms with Gasteiger partial charge >= 0.3 is 0 Å². The summed E-state index contributed by atoms with van der Waals surface area (Å²) in [7, 11) is -1.59. The van der Waals surface area contributed by atoms with Gasteiger partial charge in [0, 0.05) is 6.61 Å². The Hall–Kier alpha value is -0.123. The van der Waals surface area contributed by atoms with E-state index >= 15 is 0 Å². The van der Waals surface area contributed by atoms with Gasteiger partial charge in [-0.3, -0.25) is 0 Å². The molecular weight excluding hydrogens is 312 g/mol. The van der Waals surface area contributed by atoms with Gasteiger partial charge in [-0.15, -0.1) is 6.58 Å². The monoisotopic (exact) mass is 354 g/mol. The van der Waals surface area contributed by atoms with Crippen molar-refractivity contribution in [3.8, 4) is 0 Å². The van der Waals surface area contributed by atoms with Crippen molar-refractivity contribution >= 4 is 8.32 Å². The van der Waals surface area contributed by atoms with Gasteiger partial charge in [0.2, 0.25) is 0 Å². The molecule has 0 aromatic heterocycles. The van der Waals surface area contributed by atoms with E-state index in [0.29, 0.717) is 29.1 Å². The van der Waals surface area contributed by atoms with Gasteiger partial charge in [-0.1, -0.05) is 53.5 Å². The molecule has 0 aromatic rings. The van der Waals surface area contributed by atoms with Crippen LogP contribution in [0.4, 0.5) is 0 Å². The number of rotatable bonds is 10. The van der Waals surface area contributed by atoms with E-state index < -0.39 is 8.32 Å². The topological polar surface area (TPSA) is 18.5 Å². The van der Waals surface area contributed by atoms with Crippen molar-refractivity contribution in [1.82, 2.24) is 0 Å². The van der Waals surface area contributed by atoms with E-state index in [1.807, 2.05) is 6.08 Å². The molecule has 1 aliphatic rings. The van der Waals surface area contributed by atoms with Crippen molar-refractivity contribution in [3.05, 3.63) is 12.7 Å². The Labute approximate surface area is 152 Å².